The Morgan fingerprint density at radius 2 is 1.89 bits per heavy atom. The number of amides is 2. The molecule has 1 aliphatic carbocycles. The fourth-order valence-electron chi connectivity index (χ4n) is 3.69. The van der Waals surface area contributed by atoms with E-state index in [2.05, 4.69) is 10.6 Å². The number of hydrogen-bond donors (Lipinski definition) is 2. The van der Waals surface area contributed by atoms with Crippen LogP contribution in [0.1, 0.15) is 41.1 Å². The van der Waals surface area contributed by atoms with Crippen LogP contribution >= 0.6 is 0 Å². The number of carbonyl (C=O) groups excluding carboxylic acids is 2. The number of halogens is 1. The van der Waals surface area contributed by atoms with Crippen molar-refractivity contribution in [3.8, 4) is 0 Å². The molecule has 2 N–H and O–H groups in total. The SMILES string of the molecule is O=C(NCC1CCCO1)c1ccccc1NC(=O)C1CC1c1ccc(F)cc1. The Morgan fingerprint density at radius 3 is 2.64 bits per heavy atom. The normalized spacial score (nSPS) is 23.2. The van der Waals surface area contributed by atoms with Gasteiger partial charge in [-0.1, -0.05) is 24.3 Å². The van der Waals surface area contributed by atoms with E-state index in [1.807, 2.05) is 0 Å². The van der Waals surface area contributed by atoms with Gasteiger partial charge in [0.05, 0.1) is 17.4 Å². The number of rotatable bonds is 6. The Labute approximate surface area is 163 Å². The number of ether oxygens (including phenoxy) is 1. The predicted molar refractivity (Wildman–Crippen MR) is 104 cm³/mol. The molecule has 3 atom stereocenters. The fraction of sp³-hybridized carbons (Fsp3) is 0.364. The lowest BCUT2D eigenvalue weighted by Gasteiger charge is -2.14. The van der Waals surface area contributed by atoms with Crippen molar-refractivity contribution in [3.05, 3.63) is 65.5 Å². The molecule has 1 saturated heterocycles. The lowest BCUT2D eigenvalue weighted by atomic mass is 10.1. The molecule has 0 radical (unpaired) electrons. The highest BCUT2D eigenvalue weighted by molar-refractivity contribution is 6.04. The van der Waals surface area contributed by atoms with E-state index in [9.17, 15) is 14.0 Å². The first-order chi connectivity index (χ1) is 13.6. The van der Waals surface area contributed by atoms with Crippen molar-refractivity contribution in [1.29, 1.82) is 0 Å². The molecule has 5 nitrogen and oxygen atoms in total. The van der Waals surface area contributed by atoms with Gasteiger partial charge in [-0.2, -0.15) is 0 Å². The van der Waals surface area contributed by atoms with Crippen LogP contribution in [0.3, 0.4) is 0 Å². The topological polar surface area (TPSA) is 67.4 Å². The molecular weight excluding hydrogens is 359 g/mol. The number of carbonyl (C=O) groups is 2. The second kappa shape index (κ2) is 8.10. The van der Waals surface area contributed by atoms with Gasteiger partial charge in [0.15, 0.2) is 0 Å². The molecule has 2 aromatic carbocycles. The van der Waals surface area contributed by atoms with Crippen LogP contribution in [-0.2, 0) is 9.53 Å². The molecule has 0 bridgehead atoms. The van der Waals surface area contributed by atoms with E-state index in [1.54, 1.807) is 36.4 Å². The van der Waals surface area contributed by atoms with Crippen LogP contribution in [0.5, 0.6) is 0 Å². The smallest absolute Gasteiger partial charge is 0.253 e. The van der Waals surface area contributed by atoms with E-state index in [-0.39, 0.29) is 35.6 Å². The minimum Gasteiger partial charge on any atom is -0.376 e. The van der Waals surface area contributed by atoms with Crippen molar-refractivity contribution in [2.45, 2.75) is 31.3 Å². The summed E-state index contributed by atoms with van der Waals surface area (Å²) in [7, 11) is 0. The van der Waals surface area contributed by atoms with Gasteiger partial charge in [-0.25, -0.2) is 4.39 Å². The zero-order valence-corrected chi connectivity index (χ0v) is 15.5. The molecule has 2 aromatic rings. The van der Waals surface area contributed by atoms with Gasteiger partial charge in [-0.05, 0) is 55.0 Å². The highest BCUT2D eigenvalue weighted by Gasteiger charge is 2.44. The van der Waals surface area contributed by atoms with E-state index in [1.165, 1.54) is 12.1 Å². The maximum atomic E-state index is 13.1. The summed E-state index contributed by atoms with van der Waals surface area (Å²) in [6.07, 6.45) is 2.76. The van der Waals surface area contributed by atoms with Gasteiger partial charge in [-0.3, -0.25) is 9.59 Å². The molecule has 2 amide bonds. The first-order valence-electron chi connectivity index (χ1n) is 9.67. The van der Waals surface area contributed by atoms with Crippen molar-refractivity contribution >= 4 is 17.5 Å². The average Bonchev–Trinajstić information content (AvgIpc) is 3.34. The van der Waals surface area contributed by atoms with Crippen molar-refractivity contribution in [1.82, 2.24) is 5.32 Å². The molecule has 0 aromatic heterocycles. The quantitative estimate of drug-likeness (QED) is 0.804. The van der Waals surface area contributed by atoms with Crippen molar-refractivity contribution in [2.75, 3.05) is 18.5 Å². The summed E-state index contributed by atoms with van der Waals surface area (Å²) in [5, 5.41) is 5.78. The van der Waals surface area contributed by atoms with E-state index >= 15 is 0 Å². The molecule has 0 spiro atoms. The standard InChI is InChI=1S/C22H23FN2O3/c23-15-9-7-14(8-10-15)18-12-19(18)22(27)25-20-6-2-1-5-17(20)21(26)24-13-16-4-3-11-28-16/h1-2,5-10,16,18-19H,3-4,11-13H2,(H,24,26)(H,25,27). The summed E-state index contributed by atoms with van der Waals surface area (Å²) in [5.41, 5.74) is 1.90. The predicted octanol–water partition coefficient (Wildman–Crippen LogP) is 3.48. The van der Waals surface area contributed by atoms with Gasteiger partial charge >= 0.3 is 0 Å². The number of hydrogen-bond acceptors (Lipinski definition) is 3. The molecule has 3 unspecified atom stereocenters. The van der Waals surface area contributed by atoms with Crippen LogP contribution in [-0.4, -0.2) is 31.1 Å². The number of nitrogens with one attached hydrogen (secondary N) is 2. The van der Waals surface area contributed by atoms with Crippen LogP contribution in [0.15, 0.2) is 48.5 Å². The van der Waals surface area contributed by atoms with E-state index in [0.29, 0.717) is 17.8 Å². The lowest BCUT2D eigenvalue weighted by molar-refractivity contribution is -0.117. The van der Waals surface area contributed by atoms with Crippen LogP contribution < -0.4 is 10.6 Å². The molecule has 28 heavy (non-hydrogen) atoms. The molecule has 6 heteroatoms. The molecule has 4 rings (SSSR count). The van der Waals surface area contributed by atoms with Crippen LogP contribution in [0.2, 0.25) is 0 Å². The summed E-state index contributed by atoms with van der Waals surface area (Å²) < 4.78 is 18.6. The highest BCUT2D eigenvalue weighted by atomic mass is 19.1. The van der Waals surface area contributed by atoms with Gasteiger partial charge in [0.25, 0.3) is 5.91 Å². The maximum Gasteiger partial charge on any atom is 0.253 e. The van der Waals surface area contributed by atoms with Crippen LogP contribution in [0.4, 0.5) is 10.1 Å². The molecule has 2 aliphatic rings. The largest absolute Gasteiger partial charge is 0.376 e. The van der Waals surface area contributed by atoms with Gasteiger partial charge in [0, 0.05) is 19.1 Å². The van der Waals surface area contributed by atoms with Crippen LogP contribution in [0.25, 0.3) is 0 Å². The summed E-state index contributed by atoms with van der Waals surface area (Å²) >= 11 is 0. The van der Waals surface area contributed by atoms with E-state index in [4.69, 9.17) is 4.74 Å². The van der Waals surface area contributed by atoms with E-state index < -0.39 is 0 Å². The first kappa shape index (κ1) is 18.6. The maximum absolute atomic E-state index is 13.1. The Balaban J connectivity index is 1.37. The first-order valence-corrected chi connectivity index (χ1v) is 9.67. The van der Waals surface area contributed by atoms with Crippen molar-refractivity contribution < 1.29 is 18.7 Å². The molecule has 2 fully saturated rings. The van der Waals surface area contributed by atoms with Gasteiger partial charge in [-0.15, -0.1) is 0 Å². The number of para-hydroxylation sites is 1. The third-order valence-corrected chi connectivity index (χ3v) is 5.37. The lowest BCUT2D eigenvalue weighted by Crippen LogP contribution is -2.32. The average molecular weight is 382 g/mol. The summed E-state index contributed by atoms with van der Waals surface area (Å²) in [5.74, 6) is -0.686. The second-order valence-corrected chi connectivity index (χ2v) is 7.38. The Kier molecular flexibility index (Phi) is 5.39. The fourth-order valence-corrected chi connectivity index (χ4v) is 3.69. The number of benzene rings is 2. The zero-order valence-electron chi connectivity index (χ0n) is 15.5. The zero-order chi connectivity index (χ0) is 19.5. The van der Waals surface area contributed by atoms with Gasteiger partial charge in [0.2, 0.25) is 5.91 Å². The molecular formula is C22H23FN2O3. The minimum atomic E-state index is -0.284. The Bertz CT molecular complexity index is 862. The number of anilines is 1. The third-order valence-electron chi connectivity index (χ3n) is 5.37. The van der Waals surface area contributed by atoms with Gasteiger partial charge in [0.1, 0.15) is 5.82 Å². The van der Waals surface area contributed by atoms with Crippen molar-refractivity contribution in [2.24, 2.45) is 5.92 Å². The molecule has 146 valence electrons. The van der Waals surface area contributed by atoms with E-state index in [0.717, 1.165) is 31.4 Å². The Morgan fingerprint density at radius 1 is 1.11 bits per heavy atom. The highest BCUT2D eigenvalue weighted by Crippen LogP contribution is 2.48. The van der Waals surface area contributed by atoms with Crippen LogP contribution in [0, 0.1) is 11.7 Å². The summed E-state index contributed by atoms with van der Waals surface area (Å²) in [6, 6.07) is 13.3. The minimum absolute atomic E-state index is 0.0636. The third kappa shape index (κ3) is 4.22. The van der Waals surface area contributed by atoms with Crippen molar-refractivity contribution in [3.63, 3.8) is 0 Å². The second-order valence-electron chi connectivity index (χ2n) is 7.38. The molecule has 1 aliphatic heterocycles. The summed E-state index contributed by atoms with van der Waals surface area (Å²) in [6.45, 7) is 1.21. The Hall–Kier alpha value is -2.73. The summed E-state index contributed by atoms with van der Waals surface area (Å²) in [4.78, 5) is 25.2. The van der Waals surface area contributed by atoms with Gasteiger partial charge < -0.3 is 15.4 Å². The molecule has 1 saturated carbocycles. The monoisotopic (exact) mass is 382 g/mol. The molecule has 1 heterocycles.